The van der Waals surface area contributed by atoms with Crippen molar-refractivity contribution in [2.75, 3.05) is 32.1 Å². The molecule has 0 unspecified atom stereocenters. The maximum absolute atomic E-state index is 12.4. The summed E-state index contributed by atoms with van der Waals surface area (Å²) in [7, 11) is -2.12. The zero-order valence-electron chi connectivity index (χ0n) is 16.3. The summed E-state index contributed by atoms with van der Waals surface area (Å²) in [5.41, 5.74) is 1.57. The molecule has 0 bridgehead atoms. The van der Waals surface area contributed by atoms with Crippen molar-refractivity contribution in [3.05, 3.63) is 54.1 Å². The zero-order valence-corrected chi connectivity index (χ0v) is 17.1. The topological polar surface area (TPSA) is 114 Å². The number of carbonyl (C=O) groups excluding carboxylic acids is 1. The van der Waals surface area contributed by atoms with Crippen molar-refractivity contribution in [1.29, 1.82) is 0 Å². The van der Waals surface area contributed by atoms with E-state index in [0.29, 0.717) is 12.2 Å². The number of carbonyl (C=O) groups is 1. The molecule has 3 rings (SSSR count). The first-order valence-corrected chi connectivity index (χ1v) is 11.0. The number of nitrogens with zero attached hydrogens (tertiary/aromatic N) is 1. The van der Waals surface area contributed by atoms with Gasteiger partial charge in [0.2, 0.25) is 10.0 Å². The van der Waals surface area contributed by atoms with Gasteiger partial charge in [-0.25, -0.2) is 18.4 Å². The van der Waals surface area contributed by atoms with Crippen molar-refractivity contribution < 1.29 is 17.9 Å². The number of hydrogen-bond donors (Lipinski definition) is 3. The van der Waals surface area contributed by atoms with Crippen LogP contribution in [0.25, 0.3) is 0 Å². The Hall–Kier alpha value is -2.62. The monoisotopic (exact) mass is 418 g/mol. The Balaban J connectivity index is 1.64. The van der Waals surface area contributed by atoms with Crippen molar-refractivity contribution in [3.8, 4) is 5.75 Å². The molecule has 4 N–H and O–H groups in total. The Morgan fingerprint density at radius 2 is 1.86 bits per heavy atom. The zero-order chi connectivity index (χ0) is 20.9. The standard InChI is InChI=1S/C20H26N4O4S/c1-28-17-6-4-5-15(13-17)19(24-11-2-3-12-24)14-22-20(25)23-16-7-9-18(10-8-16)29(21,26)27/h4-10,13,19H,2-3,11-12,14H2,1H3,(H2,21,26,27)(H2,22,23,25)/t19-/m1/s1. The van der Waals surface area contributed by atoms with Crippen LogP contribution in [-0.4, -0.2) is 46.1 Å². The van der Waals surface area contributed by atoms with Gasteiger partial charge in [0.1, 0.15) is 5.75 Å². The van der Waals surface area contributed by atoms with E-state index in [-0.39, 0.29) is 17.0 Å². The second-order valence-corrected chi connectivity index (χ2v) is 8.50. The quantitative estimate of drug-likeness (QED) is 0.638. The van der Waals surface area contributed by atoms with Gasteiger partial charge >= 0.3 is 6.03 Å². The van der Waals surface area contributed by atoms with Gasteiger partial charge in [-0.1, -0.05) is 12.1 Å². The van der Waals surface area contributed by atoms with Crippen LogP contribution in [0.1, 0.15) is 24.4 Å². The molecule has 2 aromatic carbocycles. The van der Waals surface area contributed by atoms with Gasteiger partial charge in [0.15, 0.2) is 0 Å². The summed E-state index contributed by atoms with van der Waals surface area (Å²) in [5.74, 6) is 0.783. The summed E-state index contributed by atoms with van der Waals surface area (Å²) in [6, 6.07) is 13.3. The first-order valence-electron chi connectivity index (χ1n) is 9.42. The SMILES string of the molecule is COc1cccc([C@@H](CNC(=O)Nc2ccc(S(N)(=O)=O)cc2)N2CCCC2)c1. The molecule has 9 heteroatoms. The Labute approximate surface area is 171 Å². The second-order valence-electron chi connectivity index (χ2n) is 6.94. The normalized spacial score (nSPS) is 15.7. The first kappa shape index (κ1) is 21.1. The molecule has 2 amide bonds. The van der Waals surface area contributed by atoms with Crippen molar-refractivity contribution in [2.45, 2.75) is 23.8 Å². The van der Waals surface area contributed by atoms with Crippen LogP contribution in [0.15, 0.2) is 53.4 Å². The number of methoxy groups -OCH3 is 1. The Bertz CT molecular complexity index is 941. The molecule has 0 aromatic heterocycles. The van der Waals surface area contributed by atoms with Crippen molar-refractivity contribution in [2.24, 2.45) is 5.14 Å². The van der Waals surface area contributed by atoms with Crippen LogP contribution >= 0.6 is 0 Å². The van der Waals surface area contributed by atoms with Gasteiger partial charge in [-0.05, 0) is 67.9 Å². The molecular formula is C20H26N4O4S. The first-order chi connectivity index (χ1) is 13.9. The number of amides is 2. The highest BCUT2D eigenvalue weighted by molar-refractivity contribution is 7.89. The fourth-order valence-corrected chi connectivity index (χ4v) is 3.97. The molecule has 0 aliphatic carbocycles. The number of ether oxygens (including phenoxy) is 1. The Morgan fingerprint density at radius 3 is 2.48 bits per heavy atom. The lowest BCUT2D eigenvalue weighted by molar-refractivity contribution is 0.227. The van der Waals surface area contributed by atoms with Crippen LogP contribution in [0, 0.1) is 0 Å². The van der Waals surface area contributed by atoms with Gasteiger partial charge in [-0.2, -0.15) is 0 Å². The smallest absolute Gasteiger partial charge is 0.319 e. The summed E-state index contributed by atoms with van der Waals surface area (Å²) >= 11 is 0. The van der Waals surface area contributed by atoms with Crippen LogP contribution in [0.5, 0.6) is 5.75 Å². The van der Waals surface area contributed by atoms with Gasteiger partial charge in [0.25, 0.3) is 0 Å². The second kappa shape index (κ2) is 9.25. The lowest BCUT2D eigenvalue weighted by atomic mass is 10.1. The van der Waals surface area contributed by atoms with Gasteiger partial charge in [-0.15, -0.1) is 0 Å². The molecule has 8 nitrogen and oxygen atoms in total. The maximum atomic E-state index is 12.4. The highest BCUT2D eigenvalue weighted by Gasteiger charge is 2.24. The number of hydrogen-bond acceptors (Lipinski definition) is 5. The van der Waals surface area contributed by atoms with E-state index in [2.05, 4.69) is 15.5 Å². The van der Waals surface area contributed by atoms with E-state index in [1.807, 2.05) is 24.3 Å². The van der Waals surface area contributed by atoms with Gasteiger partial charge in [0, 0.05) is 12.2 Å². The molecule has 1 heterocycles. The molecule has 156 valence electrons. The molecule has 0 saturated carbocycles. The average Bonchev–Trinajstić information content (AvgIpc) is 3.22. The molecule has 1 saturated heterocycles. The number of primary sulfonamides is 1. The maximum Gasteiger partial charge on any atom is 0.319 e. The van der Waals surface area contributed by atoms with Crippen molar-refractivity contribution in [3.63, 3.8) is 0 Å². The minimum absolute atomic E-state index is 0.00409. The molecular weight excluding hydrogens is 392 g/mol. The number of nitrogens with one attached hydrogen (secondary N) is 2. The predicted molar refractivity (Wildman–Crippen MR) is 111 cm³/mol. The molecule has 1 fully saturated rings. The Kier molecular flexibility index (Phi) is 6.73. The molecule has 1 atom stereocenters. The third-order valence-corrected chi connectivity index (χ3v) is 5.89. The summed E-state index contributed by atoms with van der Waals surface area (Å²) in [4.78, 5) is 14.7. The van der Waals surface area contributed by atoms with E-state index >= 15 is 0 Å². The van der Waals surface area contributed by atoms with E-state index in [0.717, 1.165) is 37.2 Å². The number of nitrogens with two attached hydrogens (primary N) is 1. The molecule has 0 radical (unpaired) electrons. The van der Waals surface area contributed by atoms with E-state index in [1.165, 1.54) is 24.3 Å². The highest BCUT2D eigenvalue weighted by Crippen LogP contribution is 2.27. The number of anilines is 1. The number of likely N-dealkylation sites (tertiary alicyclic amines) is 1. The van der Waals surface area contributed by atoms with Gasteiger partial charge in [-0.3, -0.25) is 4.90 Å². The van der Waals surface area contributed by atoms with Crippen LogP contribution in [0.3, 0.4) is 0 Å². The number of rotatable bonds is 7. The van der Waals surface area contributed by atoms with Crippen molar-refractivity contribution in [1.82, 2.24) is 10.2 Å². The third-order valence-electron chi connectivity index (χ3n) is 4.96. The summed E-state index contributed by atoms with van der Waals surface area (Å²) in [6.45, 7) is 2.41. The largest absolute Gasteiger partial charge is 0.497 e. The van der Waals surface area contributed by atoms with Crippen LogP contribution < -0.4 is 20.5 Å². The average molecular weight is 419 g/mol. The van der Waals surface area contributed by atoms with E-state index in [1.54, 1.807) is 7.11 Å². The summed E-state index contributed by atoms with van der Waals surface area (Å²) in [6.07, 6.45) is 2.28. The van der Waals surface area contributed by atoms with E-state index in [4.69, 9.17) is 9.88 Å². The molecule has 0 spiro atoms. The summed E-state index contributed by atoms with van der Waals surface area (Å²) < 4.78 is 28.0. The van der Waals surface area contributed by atoms with E-state index in [9.17, 15) is 13.2 Å². The minimum atomic E-state index is -3.76. The fourth-order valence-electron chi connectivity index (χ4n) is 3.45. The summed E-state index contributed by atoms with van der Waals surface area (Å²) in [5, 5.41) is 10.7. The van der Waals surface area contributed by atoms with E-state index < -0.39 is 10.0 Å². The van der Waals surface area contributed by atoms with Crippen LogP contribution in [0.2, 0.25) is 0 Å². The minimum Gasteiger partial charge on any atom is -0.497 e. The third kappa shape index (κ3) is 5.69. The number of sulfonamides is 1. The molecule has 1 aliphatic rings. The number of benzene rings is 2. The van der Waals surface area contributed by atoms with Crippen LogP contribution in [0.4, 0.5) is 10.5 Å². The molecule has 29 heavy (non-hydrogen) atoms. The lowest BCUT2D eigenvalue weighted by Gasteiger charge is -2.28. The molecule has 1 aliphatic heterocycles. The predicted octanol–water partition coefficient (Wildman–Crippen LogP) is 2.30. The molecule has 2 aromatic rings. The highest BCUT2D eigenvalue weighted by atomic mass is 32.2. The van der Waals surface area contributed by atoms with Gasteiger partial charge < -0.3 is 15.4 Å². The number of urea groups is 1. The Morgan fingerprint density at radius 1 is 1.17 bits per heavy atom. The lowest BCUT2D eigenvalue weighted by Crippen LogP contribution is -2.38. The fraction of sp³-hybridized carbons (Fsp3) is 0.350. The van der Waals surface area contributed by atoms with Gasteiger partial charge in [0.05, 0.1) is 18.0 Å². The van der Waals surface area contributed by atoms with Crippen LogP contribution in [-0.2, 0) is 10.0 Å². The van der Waals surface area contributed by atoms with Crippen molar-refractivity contribution >= 4 is 21.7 Å².